The molecule has 0 aliphatic heterocycles. The number of anilines is 3. The van der Waals surface area contributed by atoms with Crippen LogP contribution in [0.5, 0.6) is 0 Å². The lowest BCUT2D eigenvalue weighted by atomic mass is 10.2. The number of benzene rings is 1. The number of nitrogens with zero attached hydrogens (tertiary/aromatic N) is 4. The topological polar surface area (TPSA) is 64.8 Å². The first-order chi connectivity index (χ1) is 10.2. The van der Waals surface area contributed by atoms with Crippen molar-refractivity contribution in [2.75, 3.05) is 23.8 Å². The summed E-state index contributed by atoms with van der Waals surface area (Å²) in [5, 5.41) is 12.1. The fourth-order valence-electron chi connectivity index (χ4n) is 1.76. The monoisotopic (exact) mass is 393 g/mol. The summed E-state index contributed by atoms with van der Waals surface area (Å²) in [4.78, 5) is 10.8. The predicted molar refractivity (Wildman–Crippen MR) is 92.7 cm³/mol. The molecule has 0 aliphatic carbocycles. The molecule has 1 aromatic heterocycles. The van der Waals surface area contributed by atoms with Gasteiger partial charge in [-0.3, -0.25) is 0 Å². The van der Waals surface area contributed by atoms with Crippen molar-refractivity contribution in [1.29, 1.82) is 5.26 Å². The third-order valence-electron chi connectivity index (χ3n) is 2.96. The van der Waals surface area contributed by atoms with E-state index in [2.05, 4.69) is 50.9 Å². The summed E-state index contributed by atoms with van der Waals surface area (Å²) in [6, 6.07) is 9.46. The van der Waals surface area contributed by atoms with Crippen LogP contribution in [0.15, 0.2) is 30.5 Å². The molecule has 0 radical (unpaired) electrons. The number of nitriles is 1. The maximum atomic E-state index is 8.84. The van der Waals surface area contributed by atoms with E-state index in [1.54, 1.807) is 18.3 Å². The number of halogens is 1. The summed E-state index contributed by atoms with van der Waals surface area (Å²) >= 11 is 2.22. The van der Waals surface area contributed by atoms with Crippen molar-refractivity contribution >= 4 is 40.0 Å². The Kier molecular flexibility index (Phi) is 5.33. The minimum atomic E-state index is 0.624. The van der Waals surface area contributed by atoms with E-state index in [4.69, 9.17) is 5.26 Å². The van der Waals surface area contributed by atoms with Gasteiger partial charge in [-0.2, -0.15) is 10.2 Å². The average molecular weight is 393 g/mol. The molecular weight excluding hydrogens is 377 g/mol. The number of hydrogen-bond acceptors (Lipinski definition) is 5. The molecule has 6 heteroatoms. The van der Waals surface area contributed by atoms with Gasteiger partial charge in [0.15, 0.2) is 0 Å². The minimum Gasteiger partial charge on any atom is -0.369 e. The van der Waals surface area contributed by atoms with Crippen LogP contribution in [0.25, 0.3) is 0 Å². The van der Waals surface area contributed by atoms with Crippen molar-refractivity contribution in [3.8, 4) is 6.07 Å². The molecule has 21 heavy (non-hydrogen) atoms. The van der Waals surface area contributed by atoms with Gasteiger partial charge in [-0.25, -0.2) is 4.98 Å². The quantitative estimate of drug-likeness (QED) is 0.788. The fourth-order valence-corrected chi connectivity index (χ4v) is 2.21. The molecule has 0 bridgehead atoms. The Balaban J connectivity index is 2.25. The maximum absolute atomic E-state index is 8.84. The first kappa shape index (κ1) is 15.5. The van der Waals surface area contributed by atoms with Crippen LogP contribution in [-0.4, -0.2) is 23.6 Å². The van der Waals surface area contributed by atoms with Crippen LogP contribution in [0.4, 0.5) is 17.5 Å². The van der Waals surface area contributed by atoms with Gasteiger partial charge in [0.2, 0.25) is 5.95 Å². The van der Waals surface area contributed by atoms with Crippen molar-refractivity contribution in [3.63, 3.8) is 0 Å². The molecule has 5 nitrogen and oxygen atoms in total. The van der Waals surface area contributed by atoms with E-state index >= 15 is 0 Å². The van der Waals surface area contributed by atoms with E-state index in [1.165, 1.54) is 0 Å². The Labute approximate surface area is 138 Å². The summed E-state index contributed by atoms with van der Waals surface area (Å²) in [6.07, 6.45) is 2.85. The predicted octanol–water partition coefficient (Wildman–Crippen LogP) is 3.54. The second-order valence-corrected chi connectivity index (χ2v) is 5.67. The van der Waals surface area contributed by atoms with Crippen LogP contribution in [0, 0.1) is 14.9 Å². The minimum absolute atomic E-state index is 0.624. The molecule has 2 aromatic rings. The smallest absolute Gasteiger partial charge is 0.231 e. The summed E-state index contributed by atoms with van der Waals surface area (Å²) in [7, 11) is 1.91. The van der Waals surface area contributed by atoms with Crippen LogP contribution in [0.1, 0.15) is 18.9 Å². The van der Waals surface area contributed by atoms with Crippen molar-refractivity contribution in [2.24, 2.45) is 0 Å². The highest BCUT2D eigenvalue weighted by Gasteiger charge is 2.10. The molecule has 0 saturated heterocycles. The normalized spacial score (nSPS) is 10.0. The lowest BCUT2D eigenvalue weighted by molar-refractivity contribution is 0.954. The van der Waals surface area contributed by atoms with Gasteiger partial charge in [0, 0.05) is 25.5 Å². The van der Waals surface area contributed by atoms with Gasteiger partial charge in [0.1, 0.15) is 5.82 Å². The van der Waals surface area contributed by atoms with E-state index in [-0.39, 0.29) is 0 Å². The van der Waals surface area contributed by atoms with Gasteiger partial charge < -0.3 is 10.2 Å². The van der Waals surface area contributed by atoms with E-state index < -0.39 is 0 Å². The number of hydrogen-bond donors (Lipinski definition) is 1. The lowest BCUT2D eigenvalue weighted by Gasteiger charge is -2.18. The molecule has 0 spiro atoms. The maximum Gasteiger partial charge on any atom is 0.231 e. The second-order valence-electron chi connectivity index (χ2n) is 4.51. The van der Waals surface area contributed by atoms with Crippen LogP contribution < -0.4 is 10.2 Å². The van der Waals surface area contributed by atoms with Gasteiger partial charge in [0.05, 0.1) is 15.2 Å². The fraction of sp³-hybridized carbons (Fsp3) is 0.267. The SMILES string of the molecule is CCCNc1nc(N(C)c2ccc(C#N)cc2)ncc1I. The third kappa shape index (κ3) is 3.82. The van der Waals surface area contributed by atoms with Gasteiger partial charge in [-0.1, -0.05) is 6.92 Å². The summed E-state index contributed by atoms with van der Waals surface area (Å²) < 4.78 is 0.998. The zero-order valence-corrected chi connectivity index (χ0v) is 14.1. The van der Waals surface area contributed by atoms with E-state index in [0.29, 0.717) is 11.5 Å². The standard InChI is InChI=1S/C15H16IN5/c1-3-8-18-14-13(16)10-19-15(20-14)21(2)12-6-4-11(9-17)5-7-12/h4-7,10H,3,8H2,1-2H3,(H,18,19,20). The Morgan fingerprint density at radius 2 is 2.05 bits per heavy atom. The first-order valence-corrected chi connectivity index (χ1v) is 7.74. The molecule has 1 aromatic carbocycles. The second kappa shape index (κ2) is 7.22. The van der Waals surface area contributed by atoms with Crippen LogP contribution >= 0.6 is 22.6 Å². The molecule has 2 rings (SSSR count). The first-order valence-electron chi connectivity index (χ1n) is 6.66. The number of aromatic nitrogens is 2. The molecule has 1 N–H and O–H groups in total. The van der Waals surface area contributed by atoms with Crippen LogP contribution in [-0.2, 0) is 0 Å². The van der Waals surface area contributed by atoms with Gasteiger partial charge in [-0.05, 0) is 53.3 Å². The van der Waals surface area contributed by atoms with Gasteiger partial charge in [0.25, 0.3) is 0 Å². The molecule has 0 atom stereocenters. The molecule has 0 saturated carbocycles. The van der Waals surface area contributed by atoms with E-state index in [1.807, 2.05) is 24.1 Å². The summed E-state index contributed by atoms with van der Waals surface area (Å²) in [5.41, 5.74) is 1.58. The lowest BCUT2D eigenvalue weighted by Crippen LogP contribution is -2.15. The van der Waals surface area contributed by atoms with E-state index in [0.717, 1.165) is 28.0 Å². The van der Waals surface area contributed by atoms with Crippen molar-refractivity contribution in [2.45, 2.75) is 13.3 Å². The highest BCUT2D eigenvalue weighted by atomic mass is 127. The van der Waals surface area contributed by atoms with Crippen LogP contribution in [0.2, 0.25) is 0 Å². The molecular formula is C15H16IN5. The Morgan fingerprint density at radius 1 is 1.33 bits per heavy atom. The molecule has 1 heterocycles. The highest BCUT2D eigenvalue weighted by Crippen LogP contribution is 2.23. The number of nitrogens with one attached hydrogen (secondary N) is 1. The van der Waals surface area contributed by atoms with Crippen LogP contribution in [0.3, 0.4) is 0 Å². The largest absolute Gasteiger partial charge is 0.369 e. The van der Waals surface area contributed by atoms with E-state index in [9.17, 15) is 0 Å². The molecule has 108 valence electrons. The van der Waals surface area contributed by atoms with Crippen molar-refractivity contribution in [3.05, 3.63) is 39.6 Å². The van der Waals surface area contributed by atoms with Crippen molar-refractivity contribution < 1.29 is 0 Å². The highest BCUT2D eigenvalue weighted by molar-refractivity contribution is 14.1. The Bertz CT molecular complexity index is 648. The molecule has 0 amide bonds. The zero-order valence-electron chi connectivity index (χ0n) is 12.0. The third-order valence-corrected chi connectivity index (χ3v) is 3.75. The van der Waals surface area contributed by atoms with Crippen molar-refractivity contribution in [1.82, 2.24) is 9.97 Å². The zero-order chi connectivity index (χ0) is 15.2. The average Bonchev–Trinajstić information content (AvgIpc) is 2.53. The summed E-state index contributed by atoms with van der Waals surface area (Å²) in [6.45, 7) is 3.00. The molecule has 0 fully saturated rings. The molecule has 0 aliphatic rings. The van der Waals surface area contributed by atoms with Gasteiger partial charge >= 0.3 is 0 Å². The number of rotatable bonds is 5. The molecule has 0 unspecified atom stereocenters. The Morgan fingerprint density at radius 3 is 2.67 bits per heavy atom. The summed E-state index contributed by atoms with van der Waals surface area (Å²) in [5.74, 6) is 1.47. The Hall–Kier alpha value is -1.88. The van der Waals surface area contributed by atoms with Gasteiger partial charge in [-0.15, -0.1) is 0 Å².